The summed E-state index contributed by atoms with van der Waals surface area (Å²) in [5, 5.41) is 3.79. The highest BCUT2D eigenvalue weighted by atomic mass is 35.5. The molecular formula is C26H35ClN4O3. The summed E-state index contributed by atoms with van der Waals surface area (Å²) in [7, 11) is 0. The van der Waals surface area contributed by atoms with Gasteiger partial charge in [0.1, 0.15) is 12.4 Å². The van der Waals surface area contributed by atoms with Crippen molar-refractivity contribution < 1.29 is 14.3 Å². The Hall–Kier alpha value is -2.35. The first-order chi connectivity index (χ1) is 16.7. The lowest BCUT2D eigenvalue weighted by Crippen LogP contribution is -2.44. The topological polar surface area (TPSA) is 66.9 Å². The number of hydrogen-bond acceptors (Lipinski definition) is 6. The number of carbonyl (C=O) groups is 1. The number of carbonyl (C=O) groups excluding carboxylic acids is 1. The number of ether oxygens (including phenoxy) is 2. The van der Waals surface area contributed by atoms with Gasteiger partial charge in [0, 0.05) is 61.0 Å². The van der Waals surface area contributed by atoms with E-state index < -0.39 is 0 Å². The van der Waals surface area contributed by atoms with Gasteiger partial charge in [-0.1, -0.05) is 11.6 Å². The van der Waals surface area contributed by atoms with Crippen molar-refractivity contribution in [2.45, 2.75) is 38.1 Å². The van der Waals surface area contributed by atoms with Gasteiger partial charge in [-0.15, -0.1) is 0 Å². The molecular weight excluding hydrogens is 452 g/mol. The predicted octanol–water partition coefficient (Wildman–Crippen LogP) is 4.33. The average molecular weight is 487 g/mol. The number of anilines is 1. The van der Waals surface area contributed by atoms with Crippen molar-refractivity contribution in [2.24, 2.45) is 0 Å². The molecule has 0 aliphatic carbocycles. The molecule has 0 bridgehead atoms. The number of benzene rings is 1. The summed E-state index contributed by atoms with van der Waals surface area (Å²) >= 11 is 6.38. The maximum Gasteiger partial charge on any atom is 0.254 e. The first kappa shape index (κ1) is 24.8. The second kappa shape index (κ2) is 12.9. The summed E-state index contributed by atoms with van der Waals surface area (Å²) in [5.74, 6) is 0.631. The zero-order chi connectivity index (χ0) is 23.6. The highest BCUT2D eigenvalue weighted by molar-refractivity contribution is 6.31. The van der Waals surface area contributed by atoms with Gasteiger partial charge in [0.25, 0.3) is 5.91 Å². The summed E-state index contributed by atoms with van der Waals surface area (Å²) in [5.41, 5.74) is 1.57. The zero-order valence-electron chi connectivity index (χ0n) is 19.8. The molecule has 2 aliphatic rings. The number of nitrogens with zero attached hydrogens (tertiary/aromatic N) is 3. The fourth-order valence-electron chi connectivity index (χ4n) is 4.69. The molecule has 2 saturated heterocycles. The van der Waals surface area contributed by atoms with E-state index in [4.69, 9.17) is 21.1 Å². The van der Waals surface area contributed by atoms with Crippen molar-refractivity contribution >= 4 is 23.2 Å². The minimum absolute atomic E-state index is 0.0237. The van der Waals surface area contributed by atoms with Crippen molar-refractivity contribution in [2.75, 3.05) is 57.9 Å². The van der Waals surface area contributed by atoms with Crippen LogP contribution >= 0.6 is 11.6 Å². The summed E-state index contributed by atoms with van der Waals surface area (Å²) in [6.07, 6.45) is 8.78. The first-order valence-electron chi connectivity index (χ1n) is 12.4. The molecule has 0 spiro atoms. The van der Waals surface area contributed by atoms with Crippen molar-refractivity contribution in [3.8, 4) is 5.75 Å². The molecule has 2 aliphatic heterocycles. The van der Waals surface area contributed by atoms with Crippen LogP contribution in [0.25, 0.3) is 0 Å². The number of amides is 1. The van der Waals surface area contributed by atoms with Crippen LogP contribution in [0.1, 0.15) is 42.5 Å². The minimum atomic E-state index is 0.0237. The Labute approximate surface area is 207 Å². The fraction of sp³-hybridized carbons (Fsp3) is 0.538. The second-order valence-corrected chi connectivity index (χ2v) is 9.37. The van der Waals surface area contributed by atoms with E-state index in [1.165, 1.54) is 25.9 Å². The largest absolute Gasteiger partial charge is 0.492 e. The van der Waals surface area contributed by atoms with E-state index in [9.17, 15) is 4.79 Å². The van der Waals surface area contributed by atoms with Gasteiger partial charge in [-0.3, -0.25) is 9.78 Å². The number of rotatable bonds is 11. The van der Waals surface area contributed by atoms with Crippen LogP contribution in [0.4, 0.5) is 5.69 Å². The Kier molecular flexibility index (Phi) is 9.42. The number of aromatic nitrogens is 1. The number of hydrogen-bond donors (Lipinski definition) is 1. The molecule has 0 radical (unpaired) electrons. The molecule has 1 amide bonds. The van der Waals surface area contributed by atoms with E-state index in [2.05, 4.69) is 15.2 Å². The number of halogens is 1. The van der Waals surface area contributed by atoms with Gasteiger partial charge in [0.2, 0.25) is 0 Å². The quantitative estimate of drug-likeness (QED) is 0.477. The molecule has 3 heterocycles. The number of pyridine rings is 1. The van der Waals surface area contributed by atoms with E-state index in [0.29, 0.717) is 42.7 Å². The summed E-state index contributed by atoms with van der Waals surface area (Å²) < 4.78 is 11.5. The van der Waals surface area contributed by atoms with Crippen LogP contribution in [0, 0.1) is 0 Å². The van der Waals surface area contributed by atoms with Gasteiger partial charge in [0.05, 0.1) is 0 Å². The molecule has 1 aromatic heterocycles. The summed E-state index contributed by atoms with van der Waals surface area (Å²) in [6.45, 7) is 6.64. The lowest BCUT2D eigenvalue weighted by Gasteiger charge is -2.35. The lowest BCUT2D eigenvalue weighted by atomic mass is 10.0. The SMILES string of the molecule is O=C(c1cc(Cl)cc(OCCNc2ccncc2)c1)N(CCCN1CCCC1)C1CCOCC1. The fourth-order valence-corrected chi connectivity index (χ4v) is 4.91. The first-order valence-corrected chi connectivity index (χ1v) is 12.8. The van der Waals surface area contributed by atoms with Gasteiger partial charge < -0.3 is 24.6 Å². The maximum atomic E-state index is 13.6. The van der Waals surface area contributed by atoms with E-state index in [1.54, 1.807) is 24.5 Å². The van der Waals surface area contributed by atoms with Crippen LogP contribution in [-0.2, 0) is 4.74 Å². The Morgan fingerprint density at radius 1 is 1.18 bits per heavy atom. The van der Waals surface area contributed by atoms with E-state index in [-0.39, 0.29) is 11.9 Å². The van der Waals surface area contributed by atoms with E-state index in [0.717, 1.165) is 38.0 Å². The summed E-state index contributed by atoms with van der Waals surface area (Å²) in [4.78, 5) is 22.2. The van der Waals surface area contributed by atoms with Gasteiger partial charge >= 0.3 is 0 Å². The van der Waals surface area contributed by atoms with Crippen LogP contribution in [0.5, 0.6) is 5.75 Å². The molecule has 0 saturated carbocycles. The van der Waals surface area contributed by atoms with E-state index >= 15 is 0 Å². The third-order valence-corrected chi connectivity index (χ3v) is 6.68. The molecule has 7 nitrogen and oxygen atoms in total. The molecule has 2 aromatic rings. The maximum absolute atomic E-state index is 13.6. The van der Waals surface area contributed by atoms with Crippen LogP contribution in [-0.4, -0.2) is 79.3 Å². The third kappa shape index (κ3) is 7.32. The molecule has 184 valence electrons. The number of likely N-dealkylation sites (tertiary alicyclic amines) is 1. The van der Waals surface area contributed by atoms with Crippen molar-refractivity contribution in [1.82, 2.24) is 14.8 Å². The van der Waals surface area contributed by atoms with Crippen LogP contribution in [0.15, 0.2) is 42.7 Å². The van der Waals surface area contributed by atoms with Gasteiger partial charge in [-0.05, 0) is 82.1 Å². The zero-order valence-corrected chi connectivity index (χ0v) is 20.5. The van der Waals surface area contributed by atoms with Crippen molar-refractivity contribution in [3.05, 3.63) is 53.3 Å². The molecule has 0 atom stereocenters. The van der Waals surface area contributed by atoms with Crippen LogP contribution < -0.4 is 10.1 Å². The average Bonchev–Trinajstić information content (AvgIpc) is 3.39. The highest BCUT2D eigenvalue weighted by Crippen LogP contribution is 2.25. The molecule has 0 unspecified atom stereocenters. The predicted molar refractivity (Wildman–Crippen MR) is 135 cm³/mol. The molecule has 2 fully saturated rings. The second-order valence-electron chi connectivity index (χ2n) is 8.93. The third-order valence-electron chi connectivity index (χ3n) is 6.46. The van der Waals surface area contributed by atoms with Crippen LogP contribution in [0.2, 0.25) is 5.02 Å². The summed E-state index contributed by atoms with van der Waals surface area (Å²) in [6, 6.07) is 9.34. The molecule has 34 heavy (non-hydrogen) atoms. The van der Waals surface area contributed by atoms with E-state index in [1.807, 2.05) is 23.1 Å². The number of nitrogens with one attached hydrogen (secondary N) is 1. The van der Waals surface area contributed by atoms with Gasteiger partial charge in [-0.2, -0.15) is 0 Å². The lowest BCUT2D eigenvalue weighted by molar-refractivity contribution is 0.0281. The highest BCUT2D eigenvalue weighted by Gasteiger charge is 2.27. The van der Waals surface area contributed by atoms with Gasteiger partial charge in [-0.25, -0.2) is 0 Å². The Morgan fingerprint density at radius 2 is 1.94 bits per heavy atom. The molecule has 4 rings (SSSR count). The Morgan fingerprint density at radius 3 is 2.71 bits per heavy atom. The van der Waals surface area contributed by atoms with Crippen molar-refractivity contribution in [3.63, 3.8) is 0 Å². The molecule has 1 aromatic carbocycles. The standard InChI is InChI=1S/C26H35ClN4O3/c27-22-18-21(19-25(20-22)34-17-10-29-23-4-8-28-9-5-23)26(32)31(24-6-15-33-16-7-24)14-3-13-30-11-1-2-12-30/h4-5,8-9,18-20,24H,1-3,6-7,10-17H2,(H,28,29). The normalized spacial score (nSPS) is 17.0. The molecule has 8 heteroatoms. The van der Waals surface area contributed by atoms with Crippen molar-refractivity contribution in [1.29, 1.82) is 0 Å². The van der Waals surface area contributed by atoms with Crippen LogP contribution in [0.3, 0.4) is 0 Å². The van der Waals surface area contributed by atoms with Gasteiger partial charge in [0.15, 0.2) is 0 Å². The monoisotopic (exact) mass is 486 g/mol. The smallest absolute Gasteiger partial charge is 0.254 e. The molecule has 1 N–H and O–H groups in total. The Bertz CT molecular complexity index is 902. The Balaban J connectivity index is 1.37. The minimum Gasteiger partial charge on any atom is -0.492 e.